The van der Waals surface area contributed by atoms with Crippen LogP contribution >= 0.6 is 23.4 Å². The fourth-order valence-electron chi connectivity index (χ4n) is 1.38. The molecule has 1 aromatic carbocycles. The van der Waals surface area contributed by atoms with E-state index < -0.39 is 12.2 Å². The number of carbonyl (C=O) groups excluding carboxylic acids is 1. The molecule has 100 valence electrons. The van der Waals surface area contributed by atoms with Crippen LogP contribution in [0.5, 0.6) is 5.75 Å². The van der Waals surface area contributed by atoms with Crippen molar-refractivity contribution < 1.29 is 19.7 Å². The Labute approximate surface area is 115 Å². The fraction of sp³-hybridized carbons (Fsp3) is 0.417. The van der Waals surface area contributed by atoms with Gasteiger partial charge in [0, 0.05) is 23.3 Å². The third kappa shape index (κ3) is 4.17. The lowest BCUT2D eigenvalue weighted by Gasteiger charge is -2.19. The smallest absolute Gasteiger partial charge is 0.185 e. The summed E-state index contributed by atoms with van der Waals surface area (Å²) in [5, 5.41) is 20.0. The minimum atomic E-state index is -1.15. The molecule has 0 heterocycles. The number of hydrogen-bond donors (Lipinski definition) is 2. The number of aliphatic hydroxyl groups is 2. The second-order valence-electron chi connectivity index (χ2n) is 3.70. The molecule has 0 saturated heterocycles. The van der Waals surface area contributed by atoms with Crippen LogP contribution in [0.4, 0.5) is 0 Å². The SMILES string of the molecule is COc1ccc(Cl)c(C(O)C(O)CSC(C)=O)c1. The van der Waals surface area contributed by atoms with E-state index in [9.17, 15) is 15.0 Å². The second kappa shape index (κ2) is 6.99. The summed E-state index contributed by atoms with van der Waals surface area (Å²) >= 11 is 6.91. The Morgan fingerprint density at radius 2 is 2.17 bits per heavy atom. The second-order valence-corrected chi connectivity index (χ2v) is 5.31. The molecule has 6 heteroatoms. The Bertz CT molecular complexity index is 425. The maximum Gasteiger partial charge on any atom is 0.185 e. The molecular formula is C12H15ClO4S. The van der Waals surface area contributed by atoms with E-state index in [2.05, 4.69) is 0 Å². The first-order valence-electron chi connectivity index (χ1n) is 5.28. The van der Waals surface area contributed by atoms with Gasteiger partial charge in [-0.25, -0.2) is 0 Å². The van der Waals surface area contributed by atoms with Gasteiger partial charge in [-0.3, -0.25) is 4.79 Å². The highest BCUT2D eigenvalue weighted by Crippen LogP contribution is 2.30. The standard InChI is InChI=1S/C12H15ClO4S/c1-7(14)18-6-11(15)12(16)9-5-8(17-2)3-4-10(9)13/h3-5,11-12,15-16H,6H2,1-2H3. The lowest BCUT2D eigenvalue weighted by molar-refractivity contribution is -0.109. The predicted molar refractivity (Wildman–Crippen MR) is 72.1 cm³/mol. The van der Waals surface area contributed by atoms with Crippen molar-refractivity contribution in [3.8, 4) is 5.75 Å². The van der Waals surface area contributed by atoms with Gasteiger partial charge < -0.3 is 14.9 Å². The van der Waals surface area contributed by atoms with E-state index >= 15 is 0 Å². The first-order valence-corrected chi connectivity index (χ1v) is 6.65. The van der Waals surface area contributed by atoms with Crippen LogP contribution in [0, 0.1) is 0 Å². The van der Waals surface area contributed by atoms with Crippen molar-refractivity contribution in [1.82, 2.24) is 0 Å². The zero-order valence-corrected chi connectivity index (χ0v) is 11.7. The highest BCUT2D eigenvalue weighted by Gasteiger charge is 2.22. The number of rotatable bonds is 5. The van der Waals surface area contributed by atoms with E-state index in [-0.39, 0.29) is 10.9 Å². The summed E-state index contributed by atoms with van der Waals surface area (Å²) in [7, 11) is 1.50. The zero-order valence-electron chi connectivity index (χ0n) is 10.1. The van der Waals surface area contributed by atoms with Crippen LogP contribution in [0.15, 0.2) is 18.2 Å². The van der Waals surface area contributed by atoms with Gasteiger partial charge in [0.25, 0.3) is 0 Å². The van der Waals surface area contributed by atoms with Gasteiger partial charge in [-0.15, -0.1) is 0 Å². The molecule has 2 unspecified atom stereocenters. The van der Waals surface area contributed by atoms with E-state index in [1.807, 2.05) is 0 Å². The normalized spacial score (nSPS) is 14.1. The Hall–Kier alpha value is -0.750. The zero-order chi connectivity index (χ0) is 13.7. The molecule has 1 aromatic rings. The number of hydrogen-bond acceptors (Lipinski definition) is 5. The third-order valence-electron chi connectivity index (χ3n) is 2.34. The van der Waals surface area contributed by atoms with Gasteiger partial charge in [-0.05, 0) is 18.2 Å². The van der Waals surface area contributed by atoms with Crippen molar-refractivity contribution in [3.05, 3.63) is 28.8 Å². The first-order chi connectivity index (χ1) is 8.45. The minimum absolute atomic E-state index is 0.113. The van der Waals surface area contributed by atoms with Gasteiger partial charge in [0.2, 0.25) is 0 Å². The van der Waals surface area contributed by atoms with Gasteiger partial charge in [0.1, 0.15) is 11.9 Å². The van der Waals surface area contributed by atoms with E-state index in [1.165, 1.54) is 14.0 Å². The van der Waals surface area contributed by atoms with Crippen LogP contribution in [-0.2, 0) is 4.79 Å². The lowest BCUT2D eigenvalue weighted by atomic mass is 10.1. The molecular weight excluding hydrogens is 276 g/mol. The van der Waals surface area contributed by atoms with Crippen molar-refractivity contribution in [2.75, 3.05) is 12.9 Å². The number of methoxy groups -OCH3 is 1. The summed E-state index contributed by atoms with van der Waals surface area (Å²) < 4.78 is 5.03. The molecule has 2 N–H and O–H groups in total. The minimum Gasteiger partial charge on any atom is -0.497 e. The lowest BCUT2D eigenvalue weighted by Crippen LogP contribution is -2.21. The molecule has 4 nitrogen and oxygen atoms in total. The summed E-state index contributed by atoms with van der Waals surface area (Å²) in [6.07, 6.45) is -2.22. The summed E-state index contributed by atoms with van der Waals surface area (Å²) in [5.41, 5.74) is 0.382. The summed E-state index contributed by atoms with van der Waals surface area (Å²) in [6, 6.07) is 4.81. The number of ether oxygens (including phenoxy) is 1. The number of aliphatic hydroxyl groups excluding tert-OH is 2. The molecule has 0 aliphatic carbocycles. The highest BCUT2D eigenvalue weighted by atomic mass is 35.5. The fourth-order valence-corrected chi connectivity index (χ4v) is 2.19. The number of thioether (sulfide) groups is 1. The Morgan fingerprint density at radius 1 is 1.50 bits per heavy atom. The highest BCUT2D eigenvalue weighted by molar-refractivity contribution is 8.13. The molecule has 0 saturated carbocycles. The molecule has 0 spiro atoms. The average Bonchev–Trinajstić information content (AvgIpc) is 2.35. The molecule has 0 radical (unpaired) electrons. The summed E-state index contributed by atoms with van der Waals surface area (Å²) in [4.78, 5) is 10.8. The van der Waals surface area contributed by atoms with Crippen molar-refractivity contribution in [1.29, 1.82) is 0 Å². The van der Waals surface area contributed by atoms with Crippen LogP contribution in [0.1, 0.15) is 18.6 Å². The predicted octanol–water partition coefficient (Wildman–Crippen LogP) is 2.02. The average molecular weight is 291 g/mol. The van der Waals surface area contributed by atoms with Gasteiger partial charge in [-0.1, -0.05) is 23.4 Å². The summed E-state index contributed by atoms with van der Waals surface area (Å²) in [6.45, 7) is 1.41. The molecule has 0 aliphatic rings. The van der Waals surface area contributed by atoms with Crippen LogP contribution in [0.2, 0.25) is 5.02 Å². The molecule has 0 amide bonds. The van der Waals surface area contributed by atoms with E-state index in [1.54, 1.807) is 18.2 Å². The Kier molecular flexibility index (Phi) is 5.95. The summed E-state index contributed by atoms with van der Waals surface area (Å²) in [5.74, 6) is 0.657. The Morgan fingerprint density at radius 3 is 2.72 bits per heavy atom. The molecule has 2 atom stereocenters. The van der Waals surface area contributed by atoms with Gasteiger partial charge >= 0.3 is 0 Å². The van der Waals surface area contributed by atoms with Gasteiger partial charge in [0.05, 0.1) is 13.2 Å². The molecule has 0 fully saturated rings. The number of carbonyl (C=O) groups is 1. The monoisotopic (exact) mass is 290 g/mol. The van der Waals surface area contributed by atoms with Crippen molar-refractivity contribution in [2.45, 2.75) is 19.1 Å². The Balaban J connectivity index is 2.81. The van der Waals surface area contributed by atoms with Gasteiger partial charge in [-0.2, -0.15) is 0 Å². The molecule has 0 aliphatic heterocycles. The van der Waals surface area contributed by atoms with E-state index in [0.717, 1.165) is 11.8 Å². The topological polar surface area (TPSA) is 66.8 Å². The van der Waals surface area contributed by atoms with Crippen molar-refractivity contribution in [3.63, 3.8) is 0 Å². The van der Waals surface area contributed by atoms with Crippen LogP contribution in [0.25, 0.3) is 0 Å². The number of halogens is 1. The largest absolute Gasteiger partial charge is 0.497 e. The maximum atomic E-state index is 10.8. The van der Waals surface area contributed by atoms with E-state index in [4.69, 9.17) is 16.3 Å². The van der Waals surface area contributed by atoms with Crippen LogP contribution < -0.4 is 4.74 Å². The quantitative estimate of drug-likeness (QED) is 0.868. The van der Waals surface area contributed by atoms with Crippen LogP contribution in [-0.4, -0.2) is 34.3 Å². The maximum absolute atomic E-state index is 10.8. The van der Waals surface area contributed by atoms with Crippen LogP contribution in [0.3, 0.4) is 0 Å². The molecule has 18 heavy (non-hydrogen) atoms. The third-order valence-corrected chi connectivity index (χ3v) is 3.60. The molecule has 0 aromatic heterocycles. The van der Waals surface area contributed by atoms with Gasteiger partial charge in [0.15, 0.2) is 5.12 Å². The van der Waals surface area contributed by atoms with E-state index in [0.29, 0.717) is 16.3 Å². The first kappa shape index (κ1) is 15.3. The molecule has 1 rings (SSSR count). The molecule has 0 bridgehead atoms. The van der Waals surface area contributed by atoms with Crippen molar-refractivity contribution >= 4 is 28.5 Å². The van der Waals surface area contributed by atoms with Crippen molar-refractivity contribution in [2.24, 2.45) is 0 Å². The number of benzene rings is 1.